The van der Waals surface area contributed by atoms with Gasteiger partial charge in [0.15, 0.2) is 5.78 Å². The Morgan fingerprint density at radius 2 is 2.13 bits per heavy atom. The van der Waals surface area contributed by atoms with Gasteiger partial charge in [-0.3, -0.25) is 14.5 Å². The summed E-state index contributed by atoms with van der Waals surface area (Å²) in [6, 6.07) is 6.11. The summed E-state index contributed by atoms with van der Waals surface area (Å²) >= 11 is 13.7. The number of benzene rings is 1. The number of nitrogens with zero attached hydrogens (tertiary/aromatic N) is 1. The number of carbonyl (C=O) groups is 2. The van der Waals surface area contributed by atoms with Crippen molar-refractivity contribution in [3.8, 4) is 0 Å². The highest BCUT2D eigenvalue weighted by Crippen LogP contribution is 2.29. The maximum atomic E-state index is 12.3. The number of hydrogen-bond donors (Lipinski definition) is 1. The van der Waals surface area contributed by atoms with Gasteiger partial charge < -0.3 is 10.1 Å². The maximum Gasteiger partial charge on any atom is 0.230 e. The first-order valence-corrected chi connectivity index (χ1v) is 11.9. The van der Waals surface area contributed by atoms with Crippen molar-refractivity contribution in [3.63, 3.8) is 0 Å². The lowest BCUT2D eigenvalue weighted by Gasteiger charge is -2.37. The third-order valence-electron chi connectivity index (χ3n) is 5.64. The van der Waals surface area contributed by atoms with Gasteiger partial charge >= 0.3 is 0 Å². The predicted octanol–water partition coefficient (Wildman–Crippen LogP) is 3.74. The lowest BCUT2D eigenvalue weighted by Crippen LogP contribution is -2.51. The highest BCUT2D eigenvalue weighted by molar-refractivity contribution is 8.00. The van der Waals surface area contributed by atoms with E-state index in [9.17, 15) is 9.59 Å². The summed E-state index contributed by atoms with van der Waals surface area (Å²) in [6.07, 6.45) is 6.12. The molecule has 1 aliphatic heterocycles. The van der Waals surface area contributed by atoms with Gasteiger partial charge in [-0.05, 0) is 36.6 Å². The van der Waals surface area contributed by atoms with Gasteiger partial charge in [0.2, 0.25) is 5.91 Å². The van der Waals surface area contributed by atoms with Crippen molar-refractivity contribution in [2.24, 2.45) is 0 Å². The van der Waals surface area contributed by atoms with Gasteiger partial charge in [0.05, 0.1) is 28.5 Å². The van der Waals surface area contributed by atoms with Crippen molar-refractivity contribution in [2.75, 3.05) is 32.0 Å². The van der Waals surface area contributed by atoms with Crippen molar-refractivity contribution < 1.29 is 14.3 Å². The molecule has 3 aliphatic rings. The molecule has 1 fully saturated rings. The lowest BCUT2D eigenvalue weighted by molar-refractivity contribution is -0.119. The highest BCUT2D eigenvalue weighted by Gasteiger charge is 2.27. The molecule has 8 heteroatoms. The molecule has 0 saturated carbocycles. The smallest absolute Gasteiger partial charge is 0.230 e. The molecule has 1 saturated heterocycles. The van der Waals surface area contributed by atoms with Crippen LogP contribution in [0.2, 0.25) is 0 Å². The van der Waals surface area contributed by atoms with Crippen molar-refractivity contribution in [2.45, 2.75) is 36.3 Å². The summed E-state index contributed by atoms with van der Waals surface area (Å²) < 4.78 is 5.83. The van der Waals surface area contributed by atoms with Crippen LogP contribution >= 0.6 is 35.0 Å². The van der Waals surface area contributed by atoms with Gasteiger partial charge in [0, 0.05) is 42.6 Å². The number of thioether (sulfide) groups is 1. The van der Waals surface area contributed by atoms with Crippen LogP contribution in [0.15, 0.2) is 45.3 Å². The lowest BCUT2D eigenvalue weighted by atomic mass is 10.1. The van der Waals surface area contributed by atoms with E-state index in [1.165, 1.54) is 11.8 Å². The molecule has 2 aliphatic carbocycles. The Hall–Kier alpha value is -1.31. The Bertz CT molecular complexity index is 902. The van der Waals surface area contributed by atoms with Gasteiger partial charge in [-0.1, -0.05) is 35.3 Å². The number of Topliss-reactive ketones (excluding diaryl/α,β-unsaturated/α-hetero) is 1. The summed E-state index contributed by atoms with van der Waals surface area (Å²) in [5.41, 5.74) is 1.92. The molecule has 4 rings (SSSR count). The van der Waals surface area contributed by atoms with E-state index in [1.807, 2.05) is 30.4 Å². The zero-order valence-electron chi connectivity index (χ0n) is 16.5. The van der Waals surface area contributed by atoms with Crippen LogP contribution in [0, 0.1) is 0 Å². The number of nitrogens with one attached hydrogen (secondary N) is 1. The minimum absolute atomic E-state index is 0.0390. The summed E-state index contributed by atoms with van der Waals surface area (Å²) in [4.78, 5) is 27.5. The fraction of sp³-hybridized carbons (Fsp3) is 0.455. The third kappa shape index (κ3) is 5.29. The third-order valence-corrected chi connectivity index (χ3v) is 7.42. The standard InChI is InChI=1S/C22H24Cl2N2O3S/c23-19-5-3-15(9-20(19)24)26-7-8-29-16(12-26)11-25-22(28)13-30-17-4-1-14-2-6-21(27)18(14)10-17/h1,4-5,9-10,15-16H,2-3,6-8,11-13H2,(H,25,28). The van der Waals surface area contributed by atoms with Crippen LogP contribution in [0.3, 0.4) is 0 Å². The second-order valence-corrected chi connectivity index (χ2v) is 9.56. The van der Waals surface area contributed by atoms with Gasteiger partial charge in [-0.15, -0.1) is 11.8 Å². The average molecular weight is 467 g/mol. The summed E-state index contributed by atoms with van der Waals surface area (Å²) in [7, 11) is 0. The second-order valence-electron chi connectivity index (χ2n) is 7.69. The van der Waals surface area contributed by atoms with E-state index in [0.29, 0.717) is 35.4 Å². The van der Waals surface area contributed by atoms with E-state index in [1.54, 1.807) is 0 Å². The minimum Gasteiger partial charge on any atom is -0.374 e. The number of allylic oxidation sites excluding steroid dienone is 2. The fourth-order valence-electron chi connectivity index (χ4n) is 3.99. The van der Waals surface area contributed by atoms with Crippen LogP contribution in [-0.4, -0.2) is 60.7 Å². The van der Waals surface area contributed by atoms with Crippen LogP contribution < -0.4 is 5.32 Å². The Kier molecular flexibility index (Phi) is 7.21. The predicted molar refractivity (Wildman–Crippen MR) is 120 cm³/mol. The van der Waals surface area contributed by atoms with Crippen molar-refractivity contribution >= 4 is 46.7 Å². The molecule has 1 aromatic rings. The Morgan fingerprint density at radius 3 is 2.97 bits per heavy atom. The Morgan fingerprint density at radius 1 is 1.27 bits per heavy atom. The number of ketones is 1. The zero-order valence-corrected chi connectivity index (χ0v) is 18.9. The van der Waals surface area contributed by atoms with E-state index >= 15 is 0 Å². The number of rotatable bonds is 6. The van der Waals surface area contributed by atoms with Crippen molar-refractivity contribution in [1.29, 1.82) is 0 Å². The van der Waals surface area contributed by atoms with Crippen molar-refractivity contribution in [3.05, 3.63) is 51.5 Å². The molecule has 1 N–H and O–H groups in total. The fourth-order valence-corrected chi connectivity index (χ4v) is 5.13. The molecule has 0 spiro atoms. The number of morpholine rings is 1. The number of amides is 1. The molecular weight excluding hydrogens is 443 g/mol. The molecule has 160 valence electrons. The largest absolute Gasteiger partial charge is 0.374 e. The van der Waals surface area contributed by atoms with E-state index < -0.39 is 0 Å². The molecule has 1 heterocycles. The number of fused-ring (bicyclic) bond motifs is 1. The second kappa shape index (κ2) is 9.88. The first kappa shape index (κ1) is 21.9. The van der Waals surface area contributed by atoms with Crippen LogP contribution in [0.4, 0.5) is 0 Å². The maximum absolute atomic E-state index is 12.3. The van der Waals surface area contributed by atoms with Crippen LogP contribution in [-0.2, 0) is 16.0 Å². The Labute approximate surface area is 190 Å². The summed E-state index contributed by atoms with van der Waals surface area (Å²) in [5, 5.41) is 4.17. The molecule has 0 aromatic heterocycles. The molecule has 0 bridgehead atoms. The van der Waals surface area contributed by atoms with E-state index in [-0.39, 0.29) is 23.8 Å². The zero-order chi connectivity index (χ0) is 21.1. The quantitative estimate of drug-likeness (QED) is 0.646. The topological polar surface area (TPSA) is 58.6 Å². The molecule has 0 radical (unpaired) electrons. The van der Waals surface area contributed by atoms with Gasteiger partial charge in [0.1, 0.15) is 0 Å². The normalized spacial score (nSPS) is 24.3. The number of halogens is 2. The molecule has 1 aromatic carbocycles. The van der Waals surface area contributed by atoms with Crippen LogP contribution in [0.5, 0.6) is 0 Å². The minimum atomic E-state index is -0.0566. The molecular formula is C22H24Cl2N2O3S. The van der Waals surface area contributed by atoms with Crippen molar-refractivity contribution in [1.82, 2.24) is 10.2 Å². The molecule has 2 unspecified atom stereocenters. The monoisotopic (exact) mass is 466 g/mol. The molecule has 5 nitrogen and oxygen atoms in total. The summed E-state index contributed by atoms with van der Waals surface area (Å²) in [5.74, 6) is 0.471. The first-order chi connectivity index (χ1) is 14.5. The van der Waals surface area contributed by atoms with Gasteiger partial charge in [0.25, 0.3) is 0 Å². The van der Waals surface area contributed by atoms with E-state index in [2.05, 4.69) is 10.2 Å². The van der Waals surface area contributed by atoms with Gasteiger partial charge in [-0.2, -0.15) is 0 Å². The molecule has 30 heavy (non-hydrogen) atoms. The summed E-state index contributed by atoms with van der Waals surface area (Å²) in [6.45, 7) is 2.66. The van der Waals surface area contributed by atoms with E-state index in [4.69, 9.17) is 27.9 Å². The first-order valence-electron chi connectivity index (χ1n) is 10.1. The number of hydrogen-bond acceptors (Lipinski definition) is 5. The van der Waals surface area contributed by atoms with Crippen LogP contribution in [0.1, 0.15) is 28.8 Å². The number of carbonyl (C=O) groups excluding carboxylic acids is 2. The van der Waals surface area contributed by atoms with Crippen LogP contribution in [0.25, 0.3) is 0 Å². The van der Waals surface area contributed by atoms with E-state index in [0.717, 1.165) is 42.0 Å². The SMILES string of the molecule is O=C(CSc1ccc2c(c1)C(=O)CC2)NCC1CN(C2C=C(Cl)C(Cl)=CC2)CCO1. The molecule has 2 atom stereocenters. The number of ether oxygens (including phenoxy) is 1. The average Bonchev–Trinajstić information content (AvgIpc) is 3.13. The number of aryl methyl sites for hydroxylation is 1. The molecule has 1 amide bonds. The highest BCUT2D eigenvalue weighted by atomic mass is 35.5. The Balaban J connectivity index is 1.22. The van der Waals surface area contributed by atoms with Gasteiger partial charge in [-0.25, -0.2) is 0 Å².